The van der Waals surface area contributed by atoms with Gasteiger partial charge in [0.15, 0.2) is 0 Å². The maximum atomic E-state index is 12.0. The molecule has 1 aliphatic carbocycles. The van der Waals surface area contributed by atoms with Gasteiger partial charge in [0.2, 0.25) is 5.78 Å². The van der Waals surface area contributed by atoms with Gasteiger partial charge < -0.3 is 4.74 Å². The summed E-state index contributed by atoms with van der Waals surface area (Å²) in [5.74, 6) is 0.0193. The fourth-order valence-corrected chi connectivity index (χ4v) is 2.26. The Kier molecular flexibility index (Phi) is 2.20. The van der Waals surface area contributed by atoms with E-state index in [4.69, 9.17) is 4.74 Å². The molecule has 17 heavy (non-hydrogen) atoms. The normalized spacial score (nSPS) is 25.4. The molecule has 1 aromatic heterocycles. The van der Waals surface area contributed by atoms with Crippen molar-refractivity contribution in [1.82, 2.24) is 4.98 Å². The Hall–Kier alpha value is -1.48. The molecule has 3 rings (SSSR count). The van der Waals surface area contributed by atoms with Gasteiger partial charge >= 0.3 is 0 Å². The van der Waals surface area contributed by atoms with Crippen molar-refractivity contribution in [3.05, 3.63) is 47.2 Å². The first-order chi connectivity index (χ1) is 8.15. The number of hydrogen-bond acceptors (Lipinski definition) is 3. The number of rotatable bonds is 3. The highest BCUT2D eigenvalue weighted by Crippen LogP contribution is 2.40. The number of nitrogens with zero attached hydrogens (tertiary/aromatic N) is 1. The van der Waals surface area contributed by atoms with Gasteiger partial charge in [-0.3, -0.25) is 9.78 Å². The second kappa shape index (κ2) is 3.50. The van der Waals surface area contributed by atoms with Crippen LogP contribution in [0, 0.1) is 6.42 Å². The van der Waals surface area contributed by atoms with E-state index in [2.05, 4.69) is 18.8 Å². The molecule has 0 fully saturated rings. The maximum Gasteiger partial charge on any atom is 0.208 e. The Balaban J connectivity index is 2.09. The fourth-order valence-electron chi connectivity index (χ4n) is 2.26. The molecule has 1 aromatic rings. The molecule has 0 bridgehead atoms. The highest BCUT2D eigenvalue weighted by atomic mass is 16.5. The Morgan fingerprint density at radius 1 is 1.59 bits per heavy atom. The molecular formula is C14H14NO2. The van der Waals surface area contributed by atoms with Crippen molar-refractivity contribution < 1.29 is 9.53 Å². The van der Waals surface area contributed by atoms with Crippen molar-refractivity contribution in [3.8, 4) is 0 Å². The summed E-state index contributed by atoms with van der Waals surface area (Å²) in [4.78, 5) is 16.3. The summed E-state index contributed by atoms with van der Waals surface area (Å²) < 4.78 is 5.83. The number of hydrogen-bond donors (Lipinski definition) is 0. The van der Waals surface area contributed by atoms with Crippen LogP contribution in [0.15, 0.2) is 23.9 Å². The lowest BCUT2D eigenvalue weighted by molar-refractivity contribution is -0.0260. The van der Waals surface area contributed by atoms with E-state index >= 15 is 0 Å². The van der Waals surface area contributed by atoms with Gasteiger partial charge in [0.25, 0.3) is 0 Å². The number of carbonyl (C=O) groups is 1. The van der Waals surface area contributed by atoms with Crippen LogP contribution in [0.1, 0.15) is 41.9 Å². The zero-order chi connectivity index (χ0) is 12.0. The molecule has 0 saturated heterocycles. The minimum absolute atomic E-state index is 0.0193. The van der Waals surface area contributed by atoms with Crippen molar-refractivity contribution in [2.45, 2.75) is 32.5 Å². The minimum Gasteiger partial charge on any atom is -0.366 e. The molecule has 3 heteroatoms. The van der Waals surface area contributed by atoms with E-state index in [-0.39, 0.29) is 11.4 Å². The van der Waals surface area contributed by atoms with Crippen LogP contribution < -0.4 is 0 Å². The number of aromatic nitrogens is 1. The van der Waals surface area contributed by atoms with Crippen LogP contribution in [0.3, 0.4) is 0 Å². The second-order valence-electron chi connectivity index (χ2n) is 4.68. The third kappa shape index (κ3) is 1.53. The SMILES string of the molecule is CCC1(C)OCc2c1ccnc2C(=O)C1=C[CH]1. The lowest BCUT2D eigenvalue weighted by Gasteiger charge is -2.22. The van der Waals surface area contributed by atoms with Gasteiger partial charge in [0.1, 0.15) is 5.69 Å². The van der Waals surface area contributed by atoms with E-state index in [1.165, 1.54) is 0 Å². The first-order valence-electron chi connectivity index (χ1n) is 5.88. The first-order valence-corrected chi connectivity index (χ1v) is 5.88. The molecule has 3 nitrogen and oxygen atoms in total. The van der Waals surface area contributed by atoms with Crippen LogP contribution in [0.4, 0.5) is 0 Å². The molecule has 2 aliphatic rings. The van der Waals surface area contributed by atoms with Gasteiger partial charge in [-0.2, -0.15) is 0 Å². The van der Waals surface area contributed by atoms with Crippen molar-refractivity contribution in [3.63, 3.8) is 0 Å². The van der Waals surface area contributed by atoms with E-state index in [9.17, 15) is 4.79 Å². The monoisotopic (exact) mass is 228 g/mol. The fraction of sp³-hybridized carbons (Fsp3) is 0.357. The summed E-state index contributed by atoms with van der Waals surface area (Å²) in [6.45, 7) is 4.64. The van der Waals surface area contributed by atoms with Crippen LogP contribution in [0.5, 0.6) is 0 Å². The zero-order valence-corrected chi connectivity index (χ0v) is 9.99. The van der Waals surface area contributed by atoms with Gasteiger partial charge in [-0.25, -0.2) is 0 Å². The molecule has 1 atom stereocenters. The van der Waals surface area contributed by atoms with Gasteiger partial charge in [0, 0.05) is 23.8 Å². The Morgan fingerprint density at radius 3 is 3.00 bits per heavy atom. The van der Waals surface area contributed by atoms with E-state index < -0.39 is 0 Å². The smallest absolute Gasteiger partial charge is 0.208 e. The van der Waals surface area contributed by atoms with Crippen molar-refractivity contribution in [2.75, 3.05) is 0 Å². The molecule has 2 heterocycles. The summed E-state index contributed by atoms with van der Waals surface area (Å²) in [7, 11) is 0. The molecule has 0 saturated carbocycles. The molecule has 1 unspecified atom stereocenters. The number of ether oxygens (including phenoxy) is 1. The molecule has 0 N–H and O–H groups in total. The van der Waals surface area contributed by atoms with Crippen molar-refractivity contribution in [1.29, 1.82) is 0 Å². The Bertz CT molecular complexity index is 533. The van der Waals surface area contributed by atoms with Crippen molar-refractivity contribution >= 4 is 5.78 Å². The van der Waals surface area contributed by atoms with Crippen LogP contribution in [0.25, 0.3) is 0 Å². The minimum atomic E-state index is -0.269. The first kappa shape index (κ1) is 10.7. The van der Waals surface area contributed by atoms with Crippen LogP contribution >= 0.6 is 0 Å². The van der Waals surface area contributed by atoms with Gasteiger partial charge in [-0.05, 0) is 25.0 Å². The van der Waals surface area contributed by atoms with E-state index in [1.54, 1.807) is 6.20 Å². The van der Waals surface area contributed by atoms with Crippen LogP contribution in [-0.4, -0.2) is 10.8 Å². The summed E-state index contributed by atoms with van der Waals surface area (Å²) in [5.41, 5.74) is 3.12. The number of carbonyl (C=O) groups excluding carboxylic acids is 1. The summed E-state index contributed by atoms with van der Waals surface area (Å²) in [6.07, 6.45) is 6.24. The summed E-state index contributed by atoms with van der Waals surface area (Å²) in [5, 5.41) is 0. The Morgan fingerprint density at radius 2 is 2.35 bits per heavy atom. The number of ketones is 1. The van der Waals surface area contributed by atoms with Gasteiger partial charge in [0.05, 0.1) is 12.2 Å². The summed E-state index contributed by atoms with van der Waals surface area (Å²) >= 11 is 0. The molecule has 0 aromatic carbocycles. The average Bonchev–Trinajstić information content (AvgIpc) is 3.14. The average molecular weight is 228 g/mol. The zero-order valence-electron chi connectivity index (χ0n) is 9.99. The highest BCUT2D eigenvalue weighted by Gasteiger charge is 2.37. The third-order valence-electron chi connectivity index (χ3n) is 3.65. The molecule has 0 spiro atoms. The van der Waals surface area contributed by atoms with Crippen molar-refractivity contribution in [2.24, 2.45) is 0 Å². The van der Waals surface area contributed by atoms with Gasteiger partial charge in [-0.1, -0.05) is 13.0 Å². The third-order valence-corrected chi connectivity index (χ3v) is 3.65. The van der Waals surface area contributed by atoms with E-state index in [0.717, 1.165) is 23.1 Å². The summed E-state index contributed by atoms with van der Waals surface area (Å²) in [6, 6.07) is 1.97. The predicted octanol–water partition coefficient (Wildman–Crippen LogP) is 2.56. The molecule has 0 amide bonds. The standard InChI is InChI=1S/C14H14NO2/c1-3-14(2)11-6-7-15-12(10(11)8-17-14)13(16)9-4-5-9/h4-7H,3,8H2,1-2H3. The predicted molar refractivity (Wildman–Crippen MR) is 63.4 cm³/mol. The van der Waals surface area contributed by atoms with E-state index in [1.807, 2.05) is 18.6 Å². The molecule has 1 aliphatic heterocycles. The number of fused-ring (bicyclic) bond motifs is 1. The maximum absolute atomic E-state index is 12.0. The number of allylic oxidation sites excluding steroid dienone is 2. The van der Waals surface area contributed by atoms with Gasteiger partial charge in [-0.15, -0.1) is 0 Å². The quantitative estimate of drug-likeness (QED) is 0.746. The Labute approximate surface area is 101 Å². The highest BCUT2D eigenvalue weighted by molar-refractivity contribution is 6.13. The lowest BCUT2D eigenvalue weighted by Crippen LogP contribution is -2.19. The number of Topliss-reactive ketones (excluding diaryl/α,β-unsaturated/α-hetero) is 1. The topological polar surface area (TPSA) is 39.2 Å². The molecule has 87 valence electrons. The van der Waals surface area contributed by atoms with Crippen LogP contribution in [0.2, 0.25) is 0 Å². The largest absolute Gasteiger partial charge is 0.366 e. The van der Waals surface area contributed by atoms with E-state index in [0.29, 0.717) is 12.3 Å². The molecule has 1 radical (unpaired) electrons. The van der Waals surface area contributed by atoms with Crippen LogP contribution in [-0.2, 0) is 16.9 Å². The number of pyridine rings is 1. The second-order valence-corrected chi connectivity index (χ2v) is 4.68. The lowest BCUT2D eigenvalue weighted by atomic mass is 9.91. The molecular weight excluding hydrogens is 214 g/mol.